The van der Waals surface area contributed by atoms with Gasteiger partial charge in [0.1, 0.15) is 17.4 Å². The lowest BCUT2D eigenvalue weighted by molar-refractivity contribution is 0.365. The SMILES string of the molecule is Cc1nn(-c2ccccc2)c2c1C(c1cc(Br)ccc1O)C(C#N)=C(N)O2. The summed E-state index contributed by atoms with van der Waals surface area (Å²) in [6.07, 6.45) is 0. The number of ether oxygens (including phenoxy) is 1. The molecule has 0 amide bonds. The normalized spacial score (nSPS) is 15.8. The summed E-state index contributed by atoms with van der Waals surface area (Å²) in [4.78, 5) is 0. The smallest absolute Gasteiger partial charge is 0.229 e. The number of aryl methyl sites for hydroxylation is 1. The van der Waals surface area contributed by atoms with E-state index in [1.165, 1.54) is 0 Å². The highest BCUT2D eigenvalue weighted by Gasteiger charge is 2.37. The van der Waals surface area contributed by atoms with Crippen LogP contribution in [0, 0.1) is 18.3 Å². The van der Waals surface area contributed by atoms with E-state index in [1.807, 2.05) is 37.3 Å². The molecule has 134 valence electrons. The van der Waals surface area contributed by atoms with Crippen molar-refractivity contribution in [3.8, 4) is 23.4 Å². The van der Waals surface area contributed by atoms with Crippen LogP contribution in [-0.4, -0.2) is 14.9 Å². The van der Waals surface area contributed by atoms with Crippen molar-refractivity contribution in [1.82, 2.24) is 9.78 Å². The van der Waals surface area contributed by atoms with Crippen LogP contribution in [0.5, 0.6) is 11.6 Å². The van der Waals surface area contributed by atoms with Crippen molar-refractivity contribution >= 4 is 15.9 Å². The van der Waals surface area contributed by atoms with Crippen LogP contribution >= 0.6 is 15.9 Å². The Morgan fingerprint density at radius 3 is 2.70 bits per heavy atom. The molecule has 0 aliphatic carbocycles. The lowest BCUT2D eigenvalue weighted by atomic mass is 9.83. The average molecular weight is 423 g/mol. The van der Waals surface area contributed by atoms with Gasteiger partial charge in [0.15, 0.2) is 0 Å². The lowest BCUT2D eigenvalue weighted by Crippen LogP contribution is -2.22. The molecule has 3 aromatic rings. The fraction of sp³-hybridized carbons (Fsp3) is 0.100. The lowest BCUT2D eigenvalue weighted by Gasteiger charge is -2.25. The van der Waals surface area contributed by atoms with Gasteiger partial charge in [0.05, 0.1) is 22.9 Å². The Balaban J connectivity index is 2.00. The molecule has 1 atom stereocenters. The van der Waals surface area contributed by atoms with Crippen molar-refractivity contribution in [2.75, 3.05) is 0 Å². The number of hydrogen-bond donors (Lipinski definition) is 2. The van der Waals surface area contributed by atoms with Crippen molar-refractivity contribution < 1.29 is 9.84 Å². The summed E-state index contributed by atoms with van der Waals surface area (Å²) in [6.45, 7) is 1.85. The van der Waals surface area contributed by atoms with Crippen LogP contribution in [0.15, 0.2) is 64.5 Å². The first kappa shape index (κ1) is 17.2. The van der Waals surface area contributed by atoms with Crippen molar-refractivity contribution in [3.05, 3.63) is 81.3 Å². The summed E-state index contributed by atoms with van der Waals surface area (Å²) >= 11 is 3.43. The van der Waals surface area contributed by atoms with Crippen molar-refractivity contribution in [2.24, 2.45) is 5.73 Å². The second kappa shape index (κ2) is 6.49. The van der Waals surface area contributed by atoms with E-state index in [9.17, 15) is 10.4 Å². The first-order chi connectivity index (χ1) is 13.0. The molecule has 0 radical (unpaired) electrons. The van der Waals surface area contributed by atoms with Crippen LogP contribution in [0.25, 0.3) is 5.69 Å². The Bertz CT molecular complexity index is 1110. The number of allylic oxidation sites excluding steroid dienone is 1. The van der Waals surface area contributed by atoms with Gasteiger partial charge >= 0.3 is 0 Å². The van der Waals surface area contributed by atoms with Gasteiger partial charge in [-0.25, -0.2) is 4.68 Å². The predicted molar refractivity (Wildman–Crippen MR) is 103 cm³/mol. The third-order valence-corrected chi connectivity index (χ3v) is 5.03. The van der Waals surface area contributed by atoms with Crippen LogP contribution in [0.1, 0.15) is 22.7 Å². The summed E-state index contributed by atoms with van der Waals surface area (Å²) in [5.41, 5.74) is 9.09. The van der Waals surface area contributed by atoms with Gasteiger partial charge in [-0.2, -0.15) is 10.4 Å². The van der Waals surface area contributed by atoms with E-state index < -0.39 is 5.92 Å². The molecule has 1 aliphatic rings. The van der Waals surface area contributed by atoms with E-state index in [0.29, 0.717) is 22.7 Å². The molecular formula is C20H15BrN4O2. The van der Waals surface area contributed by atoms with Gasteiger partial charge < -0.3 is 15.6 Å². The summed E-state index contributed by atoms with van der Waals surface area (Å²) in [6, 6.07) is 16.7. The standard InChI is InChI=1S/C20H15BrN4O2/c1-11-17-18(14-9-12(21)7-8-16(14)26)15(10-22)19(23)27-20(17)25(24-11)13-5-3-2-4-6-13/h2-9,18,26H,23H2,1H3. The van der Waals surface area contributed by atoms with Crippen LogP contribution in [0.2, 0.25) is 0 Å². The highest BCUT2D eigenvalue weighted by atomic mass is 79.9. The molecule has 1 aromatic heterocycles. The molecule has 0 saturated carbocycles. The summed E-state index contributed by atoms with van der Waals surface area (Å²) in [5, 5.41) is 24.8. The number of aromatic hydroxyl groups is 1. The van der Waals surface area contributed by atoms with Crippen molar-refractivity contribution in [1.29, 1.82) is 5.26 Å². The molecule has 27 heavy (non-hydrogen) atoms. The minimum atomic E-state index is -0.575. The Morgan fingerprint density at radius 1 is 1.26 bits per heavy atom. The van der Waals surface area contributed by atoms with E-state index in [-0.39, 0.29) is 17.2 Å². The molecule has 3 N–H and O–H groups in total. The summed E-state index contributed by atoms with van der Waals surface area (Å²) in [7, 11) is 0. The first-order valence-electron chi connectivity index (χ1n) is 8.22. The molecule has 0 bridgehead atoms. The third kappa shape index (κ3) is 2.75. The molecule has 1 unspecified atom stereocenters. The number of phenols is 1. The number of nitrogens with zero attached hydrogens (tertiary/aromatic N) is 3. The molecule has 0 saturated heterocycles. The van der Waals surface area contributed by atoms with Gasteiger partial charge in [0.25, 0.3) is 0 Å². The van der Waals surface area contributed by atoms with Crippen LogP contribution in [-0.2, 0) is 0 Å². The average Bonchev–Trinajstić information content (AvgIpc) is 2.99. The van der Waals surface area contributed by atoms with E-state index in [0.717, 1.165) is 10.2 Å². The van der Waals surface area contributed by atoms with Gasteiger partial charge in [-0.05, 0) is 37.3 Å². The number of fused-ring (bicyclic) bond motifs is 1. The highest BCUT2D eigenvalue weighted by molar-refractivity contribution is 9.10. The minimum Gasteiger partial charge on any atom is -0.508 e. The monoisotopic (exact) mass is 422 g/mol. The van der Waals surface area contributed by atoms with E-state index >= 15 is 0 Å². The zero-order valence-electron chi connectivity index (χ0n) is 14.3. The fourth-order valence-electron chi connectivity index (χ4n) is 3.33. The number of halogens is 1. The summed E-state index contributed by atoms with van der Waals surface area (Å²) in [5.74, 6) is -0.0526. The van der Waals surface area contributed by atoms with Gasteiger partial charge in [0.2, 0.25) is 11.8 Å². The topological polar surface area (TPSA) is 97.1 Å². The predicted octanol–water partition coefficient (Wildman–Crippen LogP) is 3.87. The van der Waals surface area contributed by atoms with Gasteiger partial charge in [-0.1, -0.05) is 34.1 Å². The molecule has 2 aromatic carbocycles. The maximum Gasteiger partial charge on any atom is 0.229 e. The Kier molecular flexibility index (Phi) is 4.13. The van der Waals surface area contributed by atoms with Gasteiger partial charge in [-0.15, -0.1) is 0 Å². The third-order valence-electron chi connectivity index (χ3n) is 4.53. The molecule has 6 nitrogen and oxygen atoms in total. The maximum absolute atomic E-state index is 10.5. The number of phenolic OH excluding ortho intramolecular Hbond substituents is 1. The Labute approximate surface area is 164 Å². The van der Waals surface area contributed by atoms with Crippen LogP contribution in [0.4, 0.5) is 0 Å². The number of hydrogen-bond acceptors (Lipinski definition) is 5. The van der Waals surface area contributed by atoms with E-state index in [2.05, 4.69) is 27.1 Å². The zero-order valence-corrected chi connectivity index (χ0v) is 15.9. The maximum atomic E-state index is 10.5. The number of para-hydroxylation sites is 1. The number of nitriles is 1. The van der Waals surface area contributed by atoms with E-state index in [1.54, 1.807) is 22.9 Å². The van der Waals surface area contributed by atoms with Gasteiger partial charge in [-0.3, -0.25) is 0 Å². The number of nitrogens with two attached hydrogens (primary N) is 1. The molecule has 0 fully saturated rings. The molecule has 0 spiro atoms. The second-order valence-corrected chi connectivity index (χ2v) is 7.10. The molecule has 4 rings (SSSR count). The highest BCUT2D eigenvalue weighted by Crippen LogP contribution is 2.47. The number of rotatable bonds is 2. The Morgan fingerprint density at radius 2 is 2.00 bits per heavy atom. The minimum absolute atomic E-state index is 0.00598. The molecule has 7 heteroatoms. The quantitative estimate of drug-likeness (QED) is 0.653. The summed E-state index contributed by atoms with van der Waals surface area (Å²) < 4.78 is 8.25. The fourth-order valence-corrected chi connectivity index (χ4v) is 3.70. The number of aromatic nitrogens is 2. The van der Waals surface area contributed by atoms with E-state index in [4.69, 9.17) is 10.5 Å². The molecule has 2 heterocycles. The largest absolute Gasteiger partial charge is 0.508 e. The number of benzene rings is 2. The van der Waals surface area contributed by atoms with Gasteiger partial charge in [0, 0.05) is 10.0 Å². The molecular weight excluding hydrogens is 408 g/mol. The van der Waals surface area contributed by atoms with Crippen LogP contribution in [0.3, 0.4) is 0 Å². The van der Waals surface area contributed by atoms with Crippen molar-refractivity contribution in [2.45, 2.75) is 12.8 Å². The second-order valence-electron chi connectivity index (χ2n) is 6.18. The first-order valence-corrected chi connectivity index (χ1v) is 9.01. The van der Waals surface area contributed by atoms with Crippen molar-refractivity contribution in [3.63, 3.8) is 0 Å². The molecule has 1 aliphatic heterocycles. The van der Waals surface area contributed by atoms with Crippen LogP contribution < -0.4 is 10.5 Å². The zero-order chi connectivity index (χ0) is 19.1. The Hall–Kier alpha value is -3.24.